The molecular weight excluding hydrogens is 346 g/mol. The van der Waals surface area contributed by atoms with E-state index in [0.29, 0.717) is 0 Å². The third-order valence-electron chi connectivity index (χ3n) is 5.87. The zero-order chi connectivity index (χ0) is 19.9. The van der Waals surface area contributed by atoms with Crippen molar-refractivity contribution in [3.05, 3.63) is 71.8 Å². The highest BCUT2D eigenvalue weighted by Gasteiger charge is 2.30. The van der Waals surface area contributed by atoms with Gasteiger partial charge in [0, 0.05) is 32.2 Å². The molecular formula is C24H33N3O. The van der Waals surface area contributed by atoms with Crippen molar-refractivity contribution in [1.29, 1.82) is 0 Å². The summed E-state index contributed by atoms with van der Waals surface area (Å²) in [6.07, 6.45) is 0.960. The van der Waals surface area contributed by atoms with Gasteiger partial charge in [0.15, 0.2) is 0 Å². The first-order valence-corrected chi connectivity index (χ1v) is 10.5. The summed E-state index contributed by atoms with van der Waals surface area (Å²) in [7, 11) is 0. The van der Waals surface area contributed by atoms with Crippen LogP contribution in [0.1, 0.15) is 44.4 Å². The van der Waals surface area contributed by atoms with Gasteiger partial charge < -0.3 is 5.32 Å². The number of piperazine rings is 1. The van der Waals surface area contributed by atoms with Crippen molar-refractivity contribution in [2.45, 2.75) is 45.3 Å². The first-order valence-electron chi connectivity index (χ1n) is 10.5. The predicted molar refractivity (Wildman–Crippen MR) is 115 cm³/mol. The van der Waals surface area contributed by atoms with Crippen LogP contribution in [0.25, 0.3) is 0 Å². The predicted octanol–water partition coefficient (Wildman–Crippen LogP) is 3.70. The summed E-state index contributed by atoms with van der Waals surface area (Å²) in [5.74, 6) is 0.144. The maximum absolute atomic E-state index is 12.5. The fourth-order valence-corrected chi connectivity index (χ4v) is 3.90. The van der Waals surface area contributed by atoms with Gasteiger partial charge in [-0.3, -0.25) is 14.6 Å². The van der Waals surface area contributed by atoms with E-state index in [1.54, 1.807) is 0 Å². The molecule has 1 N–H and O–H groups in total. The minimum atomic E-state index is -0.0805. The van der Waals surface area contributed by atoms with E-state index >= 15 is 0 Å². The summed E-state index contributed by atoms with van der Waals surface area (Å²) < 4.78 is 0. The highest BCUT2D eigenvalue weighted by atomic mass is 16.2. The van der Waals surface area contributed by atoms with Gasteiger partial charge in [0.2, 0.25) is 5.91 Å². The zero-order valence-electron chi connectivity index (χ0n) is 17.3. The number of hydrogen-bond donors (Lipinski definition) is 1. The number of carbonyl (C=O) groups is 1. The SMILES string of the molecule is CC[C@@H](C)NC(=O)[C@@H](C)N1CCN(C(c2ccccc2)c2ccccc2)CC1. The molecule has 1 amide bonds. The lowest BCUT2D eigenvalue weighted by atomic mass is 9.96. The van der Waals surface area contributed by atoms with Crippen molar-refractivity contribution >= 4 is 5.91 Å². The van der Waals surface area contributed by atoms with Gasteiger partial charge >= 0.3 is 0 Å². The molecule has 4 nitrogen and oxygen atoms in total. The van der Waals surface area contributed by atoms with Gasteiger partial charge in [0.25, 0.3) is 0 Å². The molecule has 0 aromatic heterocycles. The molecule has 1 saturated heterocycles. The monoisotopic (exact) mass is 379 g/mol. The Morgan fingerprint density at radius 1 is 0.857 bits per heavy atom. The van der Waals surface area contributed by atoms with Crippen molar-refractivity contribution < 1.29 is 4.79 Å². The van der Waals surface area contributed by atoms with Gasteiger partial charge in [0.05, 0.1) is 12.1 Å². The van der Waals surface area contributed by atoms with E-state index in [9.17, 15) is 4.79 Å². The van der Waals surface area contributed by atoms with Crippen LogP contribution >= 0.6 is 0 Å². The van der Waals surface area contributed by atoms with Crippen molar-refractivity contribution in [1.82, 2.24) is 15.1 Å². The molecule has 0 saturated carbocycles. The molecule has 2 aromatic carbocycles. The number of hydrogen-bond acceptors (Lipinski definition) is 3. The molecule has 3 rings (SSSR count). The van der Waals surface area contributed by atoms with Crippen molar-refractivity contribution in [2.75, 3.05) is 26.2 Å². The Balaban J connectivity index is 1.68. The fraction of sp³-hybridized carbons (Fsp3) is 0.458. The lowest BCUT2D eigenvalue weighted by molar-refractivity contribution is -0.127. The van der Waals surface area contributed by atoms with Crippen LogP contribution in [-0.2, 0) is 4.79 Å². The van der Waals surface area contributed by atoms with E-state index in [2.05, 4.69) is 89.6 Å². The van der Waals surface area contributed by atoms with Crippen LogP contribution in [0, 0.1) is 0 Å². The lowest BCUT2D eigenvalue weighted by Crippen LogP contribution is -2.55. The number of amides is 1. The molecule has 2 aromatic rings. The van der Waals surface area contributed by atoms with Crippen molar-refractivity contribution in [2.24, 2.45) is 0 Å². The lowest BCUT2D eigenvalue weighted by Gasteiger charge is -2.41. The van der Waals surface area contributed by atoms with E-state index in [4.69, 9.17) is 0 Å². The summed E-state index contributed by atoms with van der Waals surface area (Å²) >= 11 is 0. The van der Waals surface area contributed by atoms with Gasteiger partial charge in [0.1, 0.15) is 0 Å². The molecule has 0 spiro atoms. The molecule has 1 heterocycles. The molecule has 28 heavy (non-hydrogen) atoms. The topological polar surface area (TPSA) is 35.6 Å². The Morgan fingerprint density at radius 3 is 1.79 bits per heavy atom. The summed E-state index contributed by atoms with van der Waals surface area (Å²) in [4.78, 5) is 17.4. The summed E-state index contributed by atoms with van der Waals surface area (Å²) in [5, 5.41) is 3.12. The number of nitrogens with zero attached hydrogens (tertiary/aromatic N) is 2. The van der Waals surface area contributed by atoms with E-state index in [1.165, 1.54) is 11.1 Å². The van der Waals surface area contributed by atoms with E-state index in [-0.39, 0.29) is 24.0 Å². The van der Waals surface area contributed by atoms with Crippen LogP contribution in [-0.4, -0.2) is 54.0 Å². The largest absolute Gasteiger partial charge is 0.352 e. The first kappa shape index (κ1) is 20.6. The van der Waals surface area contributed by atoms with E-state index < -0.39 is 0 Å². The number of nitrogens with one attached hydrogen (secondary N) is 1. The Morgan fingerprint density at radius 2 is 1.32 bits per heavy atom. The Hall–Kier alpha value is -2.17. The fourth-order valence-electron chi connectivity index (χ4n) is 3.90. The maximum atomic E-state index is 12.5. The van der Waals surface area contributed by atoms with Crippen molar-refractivity contribution in [3.8, 4) is 0 Å². The van der Waals surface area contributed by atoms with Gasteiger partial charge in [-0.25, -0.2) is 0 Å². The summed E-state index contributed by atoms with van der Waals surface area (Å²) in [6.45, 7) is 9.91. The van der Waals surface area contributed by atoms with Gasteiger partial charge in [-0.05, 0) is 31.4 Å². The second-order valence-corrected chi connectivity index (χ2v) is 7.79. The van der Waals surface area contributed by atoms with Crippen LogP contribution < -0.4 is 5.32 Å². The minimum Gasteiger partial charge on any atom is -0.352 e. The number of carbonyl (C=O) groups excluding carboxylic acids is 1. The molecule has 2 atom stereocenters. The second-order valence-electron chi connectivity index (χ2n) is 7.79. The van der Waals surface area contributed by atoms with Crippen LogP contribution in [0.3, 0.4) is 0 Å². The van der Waals surface area contributed by atoms with Gasteiger partial charge in [-0.15, -0.1) is 0 Å². The van der Waals surface area contributed by atoms with Gasteiger partial charge in [-0.1, -0.05) is 67.6 Å². The average molecular weight is 380 g/mol. The Kier molecular flexibility index (Phi) is 7.24. The quantitative estimate of drug-likeness (QED) is 0.797. The van der Waals surface area contributed by atoms with Crippen LogP contribution in [0.4, 0.5) is 0 Å². The minimum absolute atomic E-state index is 0.0805. The molecule has 0 aliphatic carbocycles. The third kappa shape index (κ3) is 5.00. The number of benzene rings is 2. The van der Waals surface area contributed by atoms with Gasteiger partial charge in [-0.2, -0.15) is 0 Å². The van der Waals surface area contributed by atoms with Crippen LogP contribution in [0.15, 0.2) is 60.7 Å². The first-order chi connectivity index (χ1) is 13.6. The molecule has 4 heteroatoms. The Labute approximate surface area is 169 Å². The molecule has 0 radical (unpaired) electrons. The molecule has 1 fully saturated rings. The highest BCUT2D eigenvalue weighted by molar-refractivity contribution is 5.81. The molecule has 1 aliphatic rings. The van der Waals surface area contributed by atoms with Crippen LogP contribution in [0.5, 0.6) is 0 Å². The smallest absolute Gasteiger partial charge is 0.237 e. The second kappa shape index (κ2) is 9.85. The third-order valence-corrected chi connectivity index (χ3v) is 5.87. The summed E-state index contributed by atoms with van der Waals surface area (Å²) in [6, 6.07) is 21.9. The molecule has 0 bridgehead atoms. The summed E-state index contributed by atoms with van der Waals surface area (Å²) in [5.41, 5.74) is 2.65. The highest BCUT2D eigenvalue weighted by Crippen LogP contribution is 2.29. The molecule has 150 valence electrons. The van der Waals surface area contributed by atoms with Crippen LogP contribution in [0.2, 0.25) is 0 Å². The van der Waals surface area contributed by atoms with Crippen molar-refractivity contribution in [3.63, 3.8) is 0 Å². The average Bonchev–Trinajstić information content (AvgIpc) is 2.75. The standard InChI is InChI=1S/C24H33N3O/c1-4-19(2)25-24(28)20(3)26-15-17-27(18-16-26)23(21-11-7-5-8-12-21)22-13-9-6-10-14-22/h5-14,19-20,23H,4,15-18H2,1-3H3,(H,25,28)/t19-,20-/m1/s1. The zero-order valence-corrected chi connectivity index (χ0v) is 17.3. The number of rotatable bonds is 7. The van der Waals surface area contributed by atoms with E-state index in [1.807, 2.05) is 6.92 Å². The van der Waals surface area contributed by atoms with E-state index in [0.717, 1.165) is 32.6 Å². The maximum Gasteiger partial charge on any atom is 0.237 e. The molecule has 1 aliphatic heterocycles. The Bertz CT molecular complexity index is 687. The molecule has 0 unspecified atom stereocenters. The normalized spacial score (nSPS) is 18.0.